The van der Waals surface area contributed by atoms with Crippen molar-refractivity contribution in [1.29, 1.82) is 0 Å². The Bertz CT molecular complexity index is 677. The van der Waals surface area contributed by atoms with Crippen molar-refractivity contribution in [1.82, 2.24) is 5.32 Å². The lowest BCUT2D eigenvalue weighted by Gasteiger charge is -2.10. The Balaban J connectivity index is 1.97. The first kappa shape index (κ1) is 15.4. The summed E-state index contributed by atoms with van der Waals surface area (Å²) in [5.41, 5.74) is 1.63. The highest BCUT2D eigenvalue weighted by Gasteiger charge is 2.07. The maximum absolute atomic E-state index is 13.4. The van der Waals surface area contributed by atoms with E-state index in [1.54, 1.807) is 12.1 Å². The van der Waals surface area contributed by atoms with Crippen LogP contribution in [0.25, 0.3) is 0 Å². The van der Waals surface area contributed by atoms with E-state index < -0.39 is 17.7 Å². The van der Waals surface area contributed by atoms with Crippen molar-refractivity contribution in [3.8, 4) is 0 Å². The molecule has 110 valence electrons. The summed E-state index contributed by atoms with van der Waals surface area (Å²) >= 11 is 3.33. The molecule has 0 saturated heterocycles. The van der Waals surface area contributed by atoms with Gasteiger partial charge in [0.2, 0.25) is 0 Å². The monoisotopic (exact) mass is 354 g/mol. The molecule has 0 bridgehead atoms. The highest BCUT2D eigenvalue weighted by atomic mass is 79.9. The van der Waals surface area contributed by atoms with Crippen molar-refractivity contribution < 1.29 is 13.6 Å². The maximum Gasteiger partial charge on any atom is 0.319 e. The van der Waals surface area contributed by atoms with Gasteiger partial charge in [0, 0.05) is 22.3 Å². The predicted molar refractivity (Wildman–Crippen MR) is 81.1 cm³/mol. The number of rotatable bonds is 3. The summed E-state index contributed by atoms with van der Waals surface area (Å²) in [6.07, 6.45) is 0. The van der Waals surface area contributed by atoms with Gasteiger partial charge < -0.3 is 10.6 Å². The first-order valence-corrected chi connectivity index (χ1v) is 7.00. The van der Waals surface area contributed by atoms with E-state index in [2.05, 4.69) is 26.6 Å². The van der Waals surface area contributed by atoms with Gasteiger partial charge in [0.25, 0.3) is 0 Å². The van der Waals surface area contributed by atoms with Gasteiger partial charge >= 0.3 is 6.03 Å². The van der Waals surface area contributed by atoms with Gasteiger partial charge in [0.05, 0.1) is 0 Å². The number of carbonyl (C=O) groups excluding carboxylic acids is 1. The maximum atomic E-state index is 13.4. The van der Waals surface area contributed by atoms with Crippen LogP contribution in [0, 0.1) is 18.6 Å². The lowest BCUT2D eigenvalue weighted by Crippen LogP contribution is -2.28. The van der Waals surface area contributed by atoms with E-state index >= 15 is 0 Å². The van der Waals surface area contributed by atoms with E-state index in [-0.39, 0.29) is 12.1 Å². The molecule has 2 rings (SSSR count). The summed E-state index contributed by atoms with van der Waals surface area (Å²) in [7, 11) is 0. The van der Waals surface area contributed by atoms with Crippen LogP contribution in [0.15, 0.2) is 40.9 Å². The molecule has 2 aromatic rings. The molecule has 0 heterocycles. The van der Waals surface area contributed by atoms with Crippen LogP contribution in [-0.2, 0) is 6.54 Å². The Morgan fingerprint density at radius 2 is 1.95 bits per heavy atom. The minimum Gasteiger partial charge on any atom is -0.334 e. The summed E-state index contributed by atoms with van der Waals surface area (Å²) in [5, 5.41) is 5.14. The lowest BCUT2D eigenvalue weighted by atomic mass is 10.2. The third kappa shape index (κ3) is 4.26. The van der Waals surface area contributed by atoms with E-state index in [9.17, 15) is 13.6 Å². The van der Waals surface area contributed by atoms with Gasteiger partial charge in [-0.2, -0.15) is 0 Å². The van der Waals surface area contributed by atoms with Crippen LogP contribution < -0.4 is 10.6 Å². The molecule has 2 amide bonds. The van der Waals surface area contributed by atoms with E-state index in [1.807, 2.05) is 13.0 Å². The molecule has 0 aliphatic heterocycles. The predicted octanol–water partition coefficient (Wildman–Crippen LogP) is 4.36. The molecule has 0 saturated carbocycles. The lowest BCUT2D eigenvalue weighted by molar-refractivity contribution is 0.251. The summed E-state index contributed by atoms with van der Waals surface area (Å²) in [6, 6.07) is 8.05. The second kappa shape index (κ2) is 6.67. The van der Waals surface area contributed by atoms with E-state index in [0.29, 0.717) is 5.69 Å². The Morgan fingerprint density at radius 3 is 2.67 bits per heavy atom. The summed E-state index contributed by atoms with van der Waals surface area (Å²) in [5.74, 6) is -1.10. The zero-order chi connectivity index (χ0) is 15.4. The SMILES string of the molecule is Cc1cc(Br)ccc1NC(=O)NCc1cc(F)ccc1F. The molecular formula is C15H13BrF2N2O. The molecule has 2 aromatic carbocycles. The van der Waals surface area contributed by atoms with E-state index in [0.717, 1.165) is 28.2 Å². The molecule has 6 heteroatoms. The third-order valence-corrected chi connectivity index (χ3v) is 3.38. The number of amides is 2. The van der Waals surface area contributed by atoms with Gasteiger partial charge in [0.1, 0.15) is 11.6 Å². The van der Waals surface area contributed by atoms with Crippen LogP contribution in [0.3, 0.4) is 0 Å². The average molecular weight is 355 g/mol. The van der Waals surface area contributed by atoms with Crippen molar-refractivity contribution in [2.45, 2.75) is 13.5 Å². The minimum absolute atomic E-state index is 0.0923. The van der Waals surface area contributed by atoms with Crippen LogP contribution in [0.4, 0.5) is 19.3 Å². The number of hydrogen-bond donors (Lipinski definition) is 2. The first-order chi connectivity index (χ1) is 9.95. The van der Waals surface area contributed by atoms with Crippen LogP contribution >= 0.6 is 15.9 Å². The molecule has 0 unspecified atom stereocenters. The number of anilines is 1. The molecule has 0 spiro atoms. The van der Waals surface area contributed by atoms with Crippen LogP contribution in [0.2, 0.25) is 0 Å². The quantitative estimate of drug-likeness (QED) is 0.844. The van der Waals surface area contributed by atoms with Crippen molar-refractivity contribution in [3.05, 3.63) is 63.6 Å². The number of aryl methyl sites for hydroxylation is 1. The smallest absolute Gasteiger partial charge is 0.319 e. The highest BCUT2D eigenvalue weighted by Crippen LogP contribution is 2.19. The topological polar surface area (TPSA) is 41.1 Å². The zero-order valence-electron chi connectivity index (χ0n) is 11.2. The van der Waals surface area contributed by atoms with E-state index in [4.69, 9.17) is 0 Å². The van der Waals surface area contributed by atoms with Gasteiger partial charge in [-0.15, -0.1) is 0 Å². The fraction of sp³-hybridized carbons (Fsp3) is 0.133. The van der Waals surface area contributed by atoms with Crippen molar-refractivity contribution in [3.63, 3.8) is 0 Å². The normalized spacial score (nSPS) is 10.3. The fourth-order valence-corrected chi connectivity index (χ4v) is 2.26. The van der Waals surface area contributed by atoms with Gasteiger partial charge in [-0.1, -0.05) is 15.9 Å². The molecule has 0 atom stereocenters. The Kier molecular flexibility index (Phi) is 4.90. The van der Waals surface area contributed by atoms with Gasteiger partial charge in [0.15, 0.2) is 0 Å². The van der Waals surface area contributed by atoms with Crippen LogP contribution in [0.5, 0.6) is 0 Å². The molecule has 0 aromatic heterocycles. The summed E-state index contributed by atoms with van der Waals surface area (Å²) in [6.45, 7) is 1.76. The average Bonchev–Trinajstić information content (AvgIpc) is 2.43. The second-order valence-corrected chi connectivity index (χ2v) is 5.42. The van der Waals surface area contributed by atoms with Crippen LogP contribution in [0.1, 0.15) is 11.1 Å². The van der Waals surface area contributed by atoms with Crippen molar-refractivity contribution in [2.75, 3.05) is 5.32 Å². The molecule has 2 N–H and O–H groups in total. The molecule has 0 aliphatic rings. The third-order valence-electron chi connectivity index (χ3n) is 2.88. The van der Waals surface area contributed by atoms with Crippen LogP contribution in [-0.4, -0.2) is 6.03 Å². The molecule has 21 heavy (non-hydrogen) atoms. The number of hydrogen-bond acceptors (Lipinski definition) is 1. The Hall–Kier alpha value is -1.95. The second-order valence-electron chi connectivity index (χ2n) is 4.50. The van der Waals surface area contributed by atoms with Gasteiger partial charge in [-0.05, 0) is 48.9 Å². The standard InChI is InChI=1S/C15H13BrF2N2O/c1-9-6-11(16)2-5-14(9)20-15(21)19-8-10-7-12(17)3-4-13(10)18/h2-7H,8H2,1H3,(H2,19,20,21). The minimum atomic E-state index is -0.559. The van der Waals surface area contributed by atoms with Gasteiger partial charge in [-0.25, -0.2) is 13.6 Å². The molecule has 0 aliphatic carbocycles. The Labute approximate surface area is 129 Å². The number of urea groups is 1. The number of nitrogens with one attached hydrogen (secondary N) is 2. The molecule has 0 fully saturated rings. The molecular weight excluding hydrogens is 342 g/mol. The highest BCUT2D eigenvalue weighted by molar-refractivity contribution is 9.10. The number of carbonyl (C=O) groups is 1. The first-order valence-electron chi connectivity index (χ1n) is 6.20. The largest absolute Gasteiger partial charge is 0.334 e. The fourth-order valence-electron chi connectivity index (χ4n) is 1.79. The summed E-state index contributed by atoms with van der Waals surface area (Å²) in [4.78, 5) is 11.8. The molecule has 3 nitrogen and oxygen atoms in total. The molecule has 0 radical (unpaired) electrons. The van der Waals surface area contributed by atoms with Crippen molar-refractivity contribution in [2.24, 2.45) is 0 Å². The number of halogens is 3. The van der Waals surface area contributed by atoms with Crippen molar-refractivity contribution >= 4 is 27.6 Å². The number of benzene rings is 2. The van der Waals surface area contributed by atoms with Gasteiger partial charge in [-0.3, -0.25) is 0 Å². The van der Waals surface area contributed by atoms with E-state index in [1.165, 1.54) is 0 Å². The Morgan fingerprint density at radius 1 is 1.19 bits per heavy atom. The summed E-state index contributed by atoms with van der Waals surface area (Å²) < 4.78 is 27.3. The zero-order valence-corrected chi connectivity index (χ0v) is 12.8.